The molecule has 2 aromatic heterocycles. The molecule has 0 aliphatic carbocycles. The van der Waals surface area contributed by atoms with Gasteiger partial charge in [-0.15, -0.1) is 0 Å². The van der Waals surface area contributed by atoms with Gasteiger partial charge in [-0.3, -0.25) is 0 Å². The molecule has 4 heteroatoms. The van der Waals surface area contributed by atoms with Crippen LogP contribution in [0.2, 0.25) is 0 Å². The SMILES string of the molecule is CCCCN(CCCC)c1ccc2c(c1)oc1c3nc(-c4ccc5ccc6cccc7ccc4c5c67)oc3c3ccccc3c21. The predicted molar refractivity (Wildman–Crippen MR) is 190 cm³/mol. The van der Waals surface area contributed by atoms with Crippen molar-refractivity contribution in [3.8, 4) is 11.5 Å². The number of oxazole rings is 1. The van der Waals surface area contributed by atoms with E-state index >= 15 is 0 Å². The zero-order chi connectivity index (χ0) is 30.1. The third kappa shape index (κ3) is 3.95. The summed E-state index contributed by atoms with van der Waals surface area (Å²) < 4.78 is 13.5. The molecule has 220 valence electrons. The Morgan fingerprint density at radius 1 is 0.578 bits per heavy atom. The standard InChI is InChI=1S/C41H34N2O2/c1-3-5-22-43(23-6-4-2)28-18-21-33-34(24-28)44-40-37(33)29-12-7-8-13-31(29)39-38(40)42-41(45-39)32-20-17-27-15-14-25-10-9-11-26-16-19-30(32)36(27)35(25)26/h7-21,24H,3-6,22-23H2,1-2H3. The molecule has 0 atom stereocenters. The van der Waals surface area contributed by atoms with Crippen molar-refractivity contribution in [2.45, 2.75) is 39.5 Å². The maximum Gasteiger partial charge on any atom is 0.228 e. The van der Waals surface area contributed by atoms with Crippen LogP contribution in [0.5, 0.6) is 0 Å². The molecule has 0 bridgehead atoms. The van der Waals surface area contributed by atoms with E-state index < -0.39 is 0 Å². The average Bonchev–Trinajstić information content (AvgIpc) is 3.70. The average molecular weight is 587 g/mol. The van der Waals surface area contributed by atoms with Gasteiger partial charge in [-0.1, -0.05) is 99.5 Å². The molecule has 7 aromatic carbocycles. The number of hydrogen-bond acceptors (Lipinski definition) is 4. The summed E-state index contributed by atoms with van der Waals surface area (Å²) in [6, 6.07) is 34.9. The monoisotopic (exact) mass is 586 g/mol. The Hall–Kier alpha value is -5.09. The highest BCUT2D eigenvalue weighted by Crippen LogP contribution is 2.44. The minimum absolute atomic E-state index is 0.618. The molecule has 0 fully saturated rings. The molecule has 45 heavy (non-hydrogen) atoms. The molecule has 0 radical (unpaired) electrons. The maximum absolute atomic E-state index is 6.75. The van der Waals surface area contributed by atoms with E-state index in [2.05, 4.69) is 116 Å². The summed E-state index contributed by atoms with van der Waals surface area (Å²) in [5, 5.41) is 11.8. The molecule has 0 amide bonds. The highest BCUT2D eigenvalue weighted by molar-refractivity contribution is 6.29. The third-order valence-corrected chi connectivity index (χ3v) is 9.64. The number of rotatable bonds is 8. The zero-order valence-corrected chi connectivity index (χ0v) is 25.7. The second-order valence-corrected chi connectivity index (χ2v) is 12.4. The van der Waals surface area contributed by atoms with Crippen LogP contribution in [0.1, 0.15) is 39.5 Å². The first-order chi connectivity index (χ1) is 22.2. The van der Waals surface area contributed by atoms with Gasteiger partial charge in [0, 0.05) is 46.6 Å². The first-order valence-electron chi connectivity index (χ1n) is 16.3. The molecule has 9 aromatic rings. The number of aromatic nitrogens is 1. The Kier molecular flexibility index (Phi) is 5.99. The van der Waals surface area contributed by atoms with Crippen LogP contribution >= 0.6 is 0 Å². The number of anilines is 1. The van der Waals surface area contributed by atoms with Crippen molar-refractivity contribution in [2.24, 2.45) is 0 Å². The molecule has 0 saturated heterocycles. The van der Waals surface area contributed by atoms with Gasteiger partial charge in [0.2, 0.25) is 5.89 Å². The van der Waals surface area contributed by atoms with Gasteiger partial charge in [-0.05, 0) is 68.7 Å². The highest BCUT2D eigenvalue weighted by atomic mass is 16.4. The number of furan rings is 1. The molecule has 0 unspecified atom stereocenters. The molecule has 0 spiro atoms. The Morgan fingerprint density at radius 3 is 2.04 bits per heavy atom. The van der Waals surface area contributed by atoms with Crippen molar-refractivity contribution < 1.29 is 8.83 Å². The quantitative estimate of drug-likeness (QED) is 0.166. The Balaban J connectivity index is 1.29. The first-order valence-corrected chi connectivity index (χ1v) is 16.3. The second kappa shape index (κ2) is 10.2. The lowest BCUT2D eigenvalue weighted by molar-refractivity contribution is 0.623. The van der Waals surface area contributed by atoms with Crippen LogP contribution in [0.25, 0.3) is 87.6 Å². The van der Waals surface area contributed by atoms with Gasteiger partial charge in [0.15, 0.2) is 16.7 Å². The number of unbranched alkanes of at least 4 members (excludes halogenated alkanes) is 2. The Morgan fingerprint density at radius 2 is 1.27 bits per heavy atom. The van der Waals surface area contributed by atoms with Crippen LogP contribution in [0.15, 0.2) is 106 Å². The molecule has 0 aliphatic heterocycles. The lowest BCUT2D eigenvalue weighted by Gasteiger charge is -2.24. The van der Waals surface area contributed by atoms with Gasteiger partial charge in [-0.2, -0.15) is 0 Å². The first kappa shape index (κ1) is 26.3. The van der Waals surface area contributed by atoms with Crippen LogP contribution < -0.4 is 4.90 Å². The Bertz CT molecular complexity index is 2510. The van der Waals surface area contributed by atoms with Crippen molar-refractivity contribution in [3.05, 3.63) is 97.1 Å². The fourth-order valence-corrected chi connectivity index (χ4v) is 7.38. The molecule has 0 N–H and O–H groups in total. The molecule has 0 aliphatic rings. The number of nitrogens with zero attached hydrogens (tertiary/aromatic N) is 2. The lowest BCUT2D eigenvalue weighted by atomic mass is 9.92. The van der Waals surface area contributed by atoms with E-state index in [1.165, 1.54) is 58.3 Å². The molecular formula is C41H34N2O2. The normalized spacial score (nSPS) is 12.3. The number of fused-ring (bicyclic) bond motifs is 8. The van der Waals surface area contributed by atoms with E-state index in [0.717, 1.165) is 67.8 Å². The van der Waals surface area contributed by atoms with Gasteiger partial charge >= 0.3 is 0 Å². The minimum Gasteiger partial charge on any atom is -0.454 e. The molecule has 0 saturated carbocycles. The van der Waals surface area contributed by atoms with E-state index in [9.17, 15) is 0 Å². The fourth-order valence-electron chi connectivity index (χ4n) is 7.38. The van der Waals surface area contributed by atoms with Crippen LogP contribution in [-0.2, 0) is 0 Å². The molecule has 4 nitrogen and oxygen atoms in total. The highest BCUT2D eigenvalue weighted by Gasteiger charge is 2.23. The summed E-state index contributed by atoms with van der Waals surface area (Å²) in [7, 11) is 0. The van der Waals surface area contributed by atoms with E-state index in [4.69, 9.17) is 13.8 Å². The second-order valence-electron chi connectivity index (χ2n) is 12.4. The topological polar surface area (TPSA) is 42.4 Å². The van der Waals surface area contributed by atoms with Crippen LogP contribution in [0.3, 0.4) is 0 Å². The molecule has 2 heterocycles. The van der Waals surface area contributed by atoms with Gasteiger partial charge in [0.25, 0.3) is 0 Å². The maximum atomic E-state index is 6.75. The zero-order valence-electron chi connectivity index (χ0n) is 25.7. The summed E-state index contributed by atoms with van der Waals surface area (Å²) in [5.74, 6) is 0.618. The van der Waals surface area contributed by atoms with E-state index in [0.29, 0.717) is 5.89 Å². The summed E-state index contributed by atoms with van der Waals surface area (Å²) >= 11 is 0. The van der Waals surface area contributed by atoms with Crippen molar-refractivity contribution in [2.75, 3.05) is 18.0 Å². The molecular weight excluding hydrogens is 552 g/mol. The van der Waals surface area contributed by atoms with Crippen LogP contribution in [0, 0.1) is 0 Å². The smallest absolute Gasteiger partial charge is 0.228 e. The summed E-state index contributed by atoms with van der Waals surface area (Å²) in [6.45, 7) is 6.63. The van der Waals surface area contributed by atoms with Gasteiger partial charge in [0.1, 0.15) is 5.58 Å². The largest absolute Gasteiger partial charge is 0.454 e. The lowest BCUT2D eigenvalue weighted by Crippen LogP contribution is -2.25. The Labute approximate surface area is 261 Å². The predicted octanol–water partition coefficient (Wildman–Crippen LogP) is 11.9. The number of benzene rings is 7. The van der Waals surface area contributed by atoms with E-state index in [1.807, 2.05) is 0 Å². The summed E-state index contributed by atoms with van der Waals surface area (Å²) in [6.07, 6.45) is 4.72. The van der Waals surface area contributed by atoms with E-state index in [1.54, 1.807) is 0 Å². The molecule has 9 rings (SSSR count). The minimum atomic E-state index is 0.618. The summed E-state index contributed by atoms with van der Waals surface area (Å²) in [5.41, 5.74) is 5.44. The number of hydrogen-bond donors (Lipinski definition) is 0. The van der Waals surface area contributed by atoms with Gasteiger partial charge in [-0.25, -0.2) is 4.98 Å². The van der Waals surface area contributed by atoms with Gasteiger partial charge < -0.3 is 13.7 Å². The van der Waals surface area contributed by atoms with Gasteiger partial charge in [0.05, 0.1) is 0 Å². The van der Waals surface area contributed by atoms with Crippen molar-refractivity contribution in [1.82, 2.24) is 4.98 Å². The van der Waals surface area contributed by atoms with Crippen molar-refractivity contribution in [3.63, 3.8) is 0 Å². The van der Waals surface area contributed by atoms with Crippen LogP contribution in [-0.4, -0.2) is 18.1 Å². The fraction of sp³-hybridized carbons (Fsp3) is 0.195. The third-order valence-electron chi connectivity index (χ3n) is 9.64. The van der Waals surface area contributed by atoms with Crippen molar-refractivity contribution in [1.29, 1.82) is 0 Å². The van der Waals surface area contributed by atoms with E-state index in [-0.39, 0.29) is 0 Å². The van der Waals surface area contributed by atoms with Crippen LogP contribution in [0.4, 0.5) is 5.69 Å². The van der Waals surface area contributed by atoms with Crippen molar-refractivity contribution >= 4 is 81.8 Å². The summed E-state index contributed by atoms with van der Waals surface area (Å²) in [4.78, 5) is 7.72.